The molecular weight excluding hydrogens is 290 g/mol. The molecule has 2 aromatic carbocycles. The zero-order valence-electron chi connectivity index (χ0n) is 13.9. The number of benzene rings is 2. The molecule has 1 aliphatic rings. The van der Waals surface area contributed by atoms with Gasteiger partial charge < -0.3 is 0 Å². The van der Waals surface area contributed by atoms with Gasteiger partial charge in [0.15, 0.2) is 11.6 Å². The Hall–Kier alpha value is -1.70. The van der Waals surface area contributed by atoms with Crippen LogP contribution in [0.4, 0.5) is 8.78 Å². The molecule has 0 spiro atoms. The molecule has 0 amide bonds. The standard InChI is InChI=1S/C21H24F2/c1-3-5-15-7-9-16(10-8-15)19-13-17-11-6-14(4-2)12-18(17)20(22)21(19)23/h3,5-6,11-13,15-16H,4,7-10H2,1-2H3/b5-3+. The largest absolute Gasteiger partial charge is 0.203 e. The summed E-state index contributed by atoms with van der Waals surface area (Å²) < 4.78 is 29.1. The lowest BCUT2D eigenvalue weighted by Gasteiger charge is -2.27. The van der Waals surface area contributed by atoms with E-state index < -0.39 is 11.6 Å². The lowest BCUT2D eigenvalue weighted by atomic mass is 9.78. The quantitative estimate of drug-likeness (QED) is 0.565. The molecule has 0 atom stereocenters. The van der Waals surface area contributed by atoms with Crippen molar-refractivity contribution in [1.82, 2.24) is 0 Å². The van der Waals surface area contributed by atoms with Gasteiger partial charge in [-0.2, -0.15) is 0 Å². The highest BCUT2D eigenvalue weighted by atomic mass is 19.2. The summed E-state index contributed by atoms with van der Waals surface area (Å²) in [6.45, 7) is 4.06. The van der Waals surface area contributed by atoms with E-state index in [0.717, 1.165) is 43.1 Å². The minimum atomic E-state index is -0.677. The summed E-state index contributed by atoms with van der Waals surface area (Å²) in [4.78, 5) is 0. The van der Waals surface area contributed by atoms with Crippen molar-refractivity contribution in [3.63, 3.8) is 0 Å². The van der Waals surface area contributed by atoms with Crippen molar-refractivity contribution < 1.29 is 8.78 Å². The SMILES string of the molecule is C/C=C/C1CCC(c2cc3ccc(CC)cc3c(F)c2F)CC1. The number of allylic oxidation sites excluding steroid dienone is 2. The maximum absolute atomic E-state index is 14.6. The van der Waals surface area contributed by atoms with Crippen LogP contribution in [-0.4, -0.2) is 0 Å². The molecule has 0 aromatic heterocycles. The second kappa shape index (κ2) is 6.82. The van der Waals surface area contributed by atoms with Crippen LogP contribution in [0.5, 0.6) is 0 Å². The molecule has 1 saturated carbocycles. The molecule has 0 nitrogen and oxygen atoms in total. The molecule has 2 heteroatoms. The molecule has 0 saturated heterocycles. The molecular formula is C21H24F2. The Kier molecular flexibility index (Phi) is 4.79. The van der Waals surface area contributed by atoms with Gasteiger partial charge in [0.25, 0.3) is 0 Å². The van der Waals surface area contributed by atoms with E-state index in [2.05, 4.69) is 12.2 Å². The first kappa shape index (κ1) is 16.2. The van der Waals surface area contributed by atoms with Crippen molar-refractivity contribution in [2.24, 2.45) is 5.92 Å². The van der Waals surface area contributed by atoms with E-state index in [4.69, 9.17) is 0 Å². The average Bonchev–Trinajstić information content (AvgIpc) is 2.59. The lowest BCUT2D eigenvalue weighted by Crippen LogP contribution is -2.13. The minimum absolute atomic E-state index is 0.140. The van der Waals surface area contributed by atoms with Crippen LogP contribution >= 0.6 is 0 Å². The summed E-state index contributed by atoms with van der Waals surface area (Å²) in [5.41, 5.74) is 1.61. The summed E-state index contributed by atoms with van der Waals surface area (Å²) in [7, 11) is 0. The lowest BCUT2D eigenvalue weighted by molar-refractivity contribution is 0.364. The number of hydrogen-bond acceptors (Lipinski definition) is 0. The summed E-state index contributed by atoms with van der Waals surface area (Å²) in [6, 6.07) is 7.58. The normalized spacial score (nSPS) is 22.1. The smallest absolute Gasteiger partial charge is 0.166 e. The fourth-order valence-corrected chi connectivity index (χ4v) is 3.81. The van der Waals surface area contributed by atoms with Crippen molar-refractivity contribution >= 4 is 10.8 Å². The molecule has 23 heavy (non-hydrogen) atoms. The van der Waals surface area contributed by atoms with Gasteiger partial charge in [-0.3, -0.25) is 0 Å². The van der Waals surface area contributed by atoms with Crippen LogP contribution in [0, 0.1) is 17.6 Å². The first-order valence-electron chi connectivity index (χ1n) is 8.67. The van der Waals surface area contributed by atoms with Gasteiger partial charge in [0.1, 0.15) is 0 Å². The van der Waals surface area contributed by atoms with E-state index in [1.54, 1.807) is 6.07 Å². The second-order valence-corrected chi connectivity index (χ2v) is 6.64. The highest BCUT2D eigenvalue weighted by molar-refractivity contribution is 5.84. The van der Waals surface area contributed by atoms with Crippen molar-refractivity contribution in [2.45, 2.75) is 51.9 Å². The van der Waals surface area contributed by atoms with E-state index in [1.807, 2.05) is 32.0 Å². The summed E-state index contributed by atoms with van der Waals surface area (Å²) in [5, 5.41) is 1.22. The second-order valence-electron chi connectivity index (χ2n) is 6.64. The Morgan fingerprint density at radius 2 is 1.78 bits per heavy atom. The Bertz CT molecular complexity index is 722. The van der Waals surface area contributed by atoms with E-state index in [1.165, 1.54) is 0 Å². The van der Waals surface area contributed by atoms with Crippen LogP contribution in [0.3, 0.4) is 0 Å². The monoisotopic (exact) mass is 314 g/mol. The highest BCUT2D eigenvalue weighted by Gasteiger charge is 2.25. The molecule has 1 fully saturated rings. The van der Waals surface area contributed by atoms with E-state index in [-0.39, 0.29) is 5.92 Å². The van der Waals surface area contributed by atoms with Crippen molar-refractivity contribution in [1.29, 1.82) is 0 Å². The Morgan fingerprint density at radius 1 is 1.04 bits per heavy atom. The number of aryl methyl sites for hydroxylation is 1. The van der Waals surface area contributed by atoms with Crippen LogP contribution in [0.1, 0.15) is 56.6 Å². The third-order valence-corrected chi connectivity index (χ3v) is 5.20. The fraction of sp³-hybridized carbons (Fsp3) is 0.429. The highest BCUT2D eigenvalue weighted by Crippen LogP contribution is 2.39. The van der Waals surface area contributed by atoms with Gasteiger partial charge >= 0.3 is 0 Å². The number of halogens is 2. The molecule has 0 radical (unpaired) electrons. The van der Waals surface area contributed by atoms with Crippen molar-refractivity contribution in [3.05, 3.63) is 59.2 Å². The maximum Gasteiger partial charge on any atom is 0.166 e. The first-order chi connectivity index (χ1) is 11.1. The molecule has 122 valence electrons. The van der Waals surface area contributed by atoms with Gasteiger partial charge in [-0.05, 0) is 79.5 Å². The van der Waals surface area contributed by atoms with Crippen LogP contribution < -0.4 is 0 Å². The molecule has 0 N–H and O–H groups in total. The Labute approximate surface area is 137 Å². The maximum atomic E-state index is 14.6. The number of hydrogen-bond donors (Lipinski definition) is 0. The predicted octanol–water partition coefficient (Wildman–Crippen LogP) is 6.53. The summed E-state index contributed by atoms with van der Waals surface area (Å²) in [6.07, 6.45) is 9.14. The first-order valence-corrected chi connectivity index (χ1v) is 8.67. The van der Waals surface area contributed by atoms with E-state index in [0.29, 0.717) is 16.9 Å². The summed E-state index contributed by atoms with van der Waals surface area (Å²) in [5.74, 6) is -0.582. The number of fused-ring (bicyclic) bond motifs is 1. The zero-order chi connectivity index (χ0) is 16.4. The van der Waals surface area contributed by atoms with Gasteiger partial charge in [0.05, 0.1) is 0 Å². The van der Waals surface area contributed by atoms with E-state index in [9.17, 15) is 8.78 Å². The molecule has 0 unspecified atom stereocenters. The van der Waals surface area contributed by atoms with Gasteiger partial charge in [-0.15, -0.1) is 0 Å². The third-order valence-electron chi connectivity index (χ3n) is 5.20. The van der Waals surface area contributed by atoms with Crippen LogP contribution in [0.25, 0.3) is 10.8 Å². The fourth-order valence-electron chi connectivity index (χ4n) is 3.81. The topological polar surface area (TPSA) is 0 Å². The molecule has 0 heterocycles. The van der Waals surface area contributed by atoms with E-state index >= 15 is 0 Å². The predicted molar refractivity (Wildman–Crippen MR) is 92.8 cm³/mol. The minimum Gasteiger partial charge on any atom is -0.203 e. The molecule has 0 bridgehead atoms. The van der Waals surface area contributed by atoms with Crippen LogP contribution in [0.15, 0.2) is 36.4 Å². The summed E-state index contributed by atoms with van der Waals surface area (Å²) >= 11 is 0. The molecule has 1 aliphatic carbocycles. The molecule has 0 aliphatic heterocycles. The van der Waals surface area contributed by atoms with Gasteiger partial charge in [0.2, 0.25) is 0 Å². The van der Waals surface area contributed by atoms with Crippen molar-refractivity contribution in [2.75, 3.05) is 0 Å². The Balaban J connectivity index is 1.94. The van der Waals surface area contributed by atoms with Gasteiger partial charge in [-0.1, -0.05) is 31.2 Å². The average molecular weight is 314 g/mol. The Morgan fingerprint density at radius 3 is 2.43 bits per heavy atom. The molecule has 2 aromatic rings. The van der Waals surface area contributed by atoms with Crippen LogP contribution in [0.2, 0.25) is 0 Å². The van der Waals surface area contributed by atoms with Crippen molar-refractivity contribution in [3.8, 4) is 0 Å². The molecule has 3 rings (SSSR count). The zero-order valence-corrected chi connectivity index (χ0v) is 13.9. The number of rotatable bonds is 3. The van der Waals surface area contributed by atoms with Gasteiger partial charge in [-0.25, -0.2) is 8.78 Å². The van der Waals surface area contributed by atoms with Crippen LogP contribution in [-0.2, 0) is 6.42 Å². The third kappa shape index (κ3) is 3.17. The van der Waals surface area contributed by atoms with Gasteiger partial charge in [0, 0.05) is 5.39 Å².